The van der Waals surface area contributed by atoms with Gasteiger partial charge < -0.3 is 0 Å². The average Bonchev–Trinajstić information content (AvgIpc) is 2.54. The predicted octanol–water partition coefficient (Wildman–Crippen LogP) is 2.71. The van der Waals surface area contributed by atoms with Crippen LogP contribution in [0.25, 0.3) is 0 Å². The van der Waals surface area contributed by atoms with E-state index in [1.807, 2.05) is 14.0 Å². The number of hydrogen-bond acceptors (Lipinski definition) is 2. The fraction of sp³-hybridized carbons (Fsp3) is 0.636. The van der Waals surface area contributed by atoms with E-state index in [9.17, 15) is 4.79 Å². The van der Waals surface area contributed by atoms with Crippen LogP contribution in [0.2, 0.25) is 0 Å². The molecule has 15 heavy (non-hydrogen) atoms. The van der Waals surface area contributed by atoms with E-state index in [-0.39, 0.29) is 5.78 Å². The lowest BCUT2D eigenvalue weighted by atomic mass is 10.1. The number of halogens is 1. The summed E-state index contributed by atoms with van der Waals surface area (Å²) in [5, 5.41) is 3.69. The first kappa shape index (κ1) is 12.2. The van der Waals surface area contributed by atoms with Gasteiger partial charge in [0.1, 0.15) is 5.69 Å². The van der Waals surface area contributed by atoms with Crippen LogP contribution in [-0.2, 0) is 7.05 Å². The number of aryl methyl sites for hydroxylation is 2. The SMILES string of the molecule is CCCCC(Cl)C(=O)c1cc(C)n(C)n1. The molecular weight excluding hydrogens is 212 g/mol. The third-order valence-electron chi connectivity index (χ3n) is 2.46. The summed E-state index contributed by atoms with van der Waals surface area (Å²) >= 11 is 6.01. The molecule has 0 N–H and O–H groups in total. The summed E-state index contributed by atoms with van der Waals surface area (Å²) in [5.41, 5.74) is 1.45. The highest BCUT2D eigenvalue weighted by molar-refractivity contribution is 6.33. The molecule has 0 aliphatic heterocycles. The molecular formula is C11H17ClN2O. The molecule has 1 rings (SSSR count). The molecule has 0 aromatic carbocycles. The standard InChI is InChI=1S/C11H17ClN2O/c1-4-5-6-9(12)11(15)10-7-8(2)14(3)13-10/h7,9H,4-6H2,1-3H3. The second kappa shape index (κ2) is 5.31. The lowest BCUT2D eigenvalue weighted by Crippen LogP contribution is -2.15. The number of rotatable bonds is 5. The Morgan fingerprint density at radius 1 is 1.67 bits per heavy atom. The third kappa shape index (κ3) is 3.06. The largest absolute Gasteiger partial charge is 0.291 e. The van der Waals surface area contributed by atoms with Crippen LogP contribution < -0.4 is 0 Å². The summed E-state index contributed by atoms with van der Waals surface area (Å²) in [6.45, 7) is 4.00. The number of unbranched alkanes of at least 4 members (excludes halogenated alkanes) is 1. The average molecular weight is 229 g/mol. The molecule has 3 nitrogen and oxygen atoms in total. The Balaban J connectivity index is 2.67. The van der Waals surface area contributed by atoms with E-state index in [0.717, 1.165) is 25.0 Å². The molecule has 0 amide bonds. The molecule has 0 fully saturated rings. The van der Waals surface area contributed by atoms with Crippen molar-refractivity contribution in [3.05, 3.63) is 17.5 Å². The van der Waals surface area contributed by atoms with E-state index in [4.69, 9.17) is 11.6 Å². The molecule has 1 heterocycles. The molecule has 1 aromatic heterocycles. The van der Waals surface area contributed by atoms with Gasteiger partial charge in [0.15, 0.2) is 0 Å². The van der Waals surface area contributed by atoms with E-state index in [2.05, 4.69) is 12.0 Å². The number of aromatic nitrogens is 2. The Kier molecular flexibility index (Phi) is 4.33. The lowest BCUT2D eigenvalue weighted by molar-refractivity contribution is 0.0978. The first-order chi connectivity index (χ1) is 7.06. The molecule has 0 aliphatic carbocycles. The molecule has 0 bridgehead atoms. The van der Waals surface area contributed by atoms with Crippen molar-refractivity contribution in [2.24, 2.45) is 7.05 Å². The molecule has 0 radical (unpaired) electrons. The van der Waals surface area contributed by atoms with Gasteiger partial charge in [0.05, 0.1) is 5.38 Å². The Morgan fingerprint density at radius 3 is 2.80 bits per heavy atom. The highest BCUT2D eigenvalue weighted by Gasteiger charge is 2.19. The number of carbonyl (C=O) groups excluding carboxylic acids is 1. The Bertz CT molecular complexity index is 327. The summed E-state index contributed by atoms with van der Waals surface area (Å²) in [6.07, 6.45) is 2.76. The zero-order valence-electron chi connectivity index (χ0n) is 9.46. The monoisotopic (exact) mass is 228 g/mol. The first-order valence-corrected chi connectivity index (χ1v) is 5.68. The van der Waals surface area contributed by atoms with Gasteiger partial charge in [-0.15, -0.1) is 11.6 Å². The van der Waals surface area contributed by atoms with Crippen LogP contribution in [0, 0.1) is 6.92 Å². The molecule has 4 heteroatoms. The molecule has 1 atom stereocenters. The minimum atomic E-state index is -0.431. The Morgan fingerprint density at radius 2 is 2.33 bits per heavy atom. The molecule has 0 aliphatic rings. The maximum atomic E-state index is 11.8. The van der Waals surface area contributed by atoms with Crippen molar-refractivity contribution >= 4 is 17.4 Å². The van der Waals surface area contributed by atoms with Gasteiger partial charge in [-0.25, -0.2) is 0 Å². The van der Waals surface area contributed by atoms with Crippen molar-refractivity contribution in [2.45, 2.75) is 38.5 Å². The zero-order valence-corrected chi connectivity index (χ0v) is 10.2. The van der Waals surface area contributed by atoms with Crippen LogP contribution in [0.5, 0.6) is 0 Å². The minimum Gasteiger partial charge on any atom is -0.291 e. The first-order valence-electron chi connectivity index (χ1n) is 5.25. The van der Waals surface area contributed by atoms with E-state index in [0.29, 0.717) is 5.69 Å². The summed E-state index contributed by atoms with van der Waals surface area (Å²) in [5.74, 6) is -0.0613. The smallest absolute Gasteiger partial charge is 0.200 e. The number of alkyl halides is 1. The van der Waals surface area contributed by atoms with Crippen molar-refractivity contribution < 1.29 is 4.79 Å². The number of Topliss-reactive ketones (excluding diaryl/α,β-unsaturated/α-hetero) is 1. The summed E-state index contributed by atoms with van der Waals surface area (Å²) < 4.78 is 1.69. The highest BCUT2D eigenvalue weighted by atomic mass is 35.5. The molecule has 1 unspecified atom stereocenters. The van der Waals surface area contributed by atoms with E-state index in [1.54, 1.807) is 10.7 Å². The topological polar surface area (TPSA) is 34.9 Å². The molecule has 0 spiro atoms. The Hall–Kier alpha value is -0.830. The van der Waals surface area contributed by atoms with Crippen molar-refractivity contribution in [1.82, 2.24) is 9.78 Å². The Labute approximate surface area is 95.4 Å². The predicted molar refractivity (Wildman–Crippen MR) is 61.4 cm³/mol. The van der Waals surface area contributed by atoms with E-state index < -0.39 is 5.38 Å². The normalized spacial score (nSPS) is 12.8. The van der Waals surface area contributed by atoms with Crippen molar-refractivity contribution in [3.63, 3.8) is 0 Å². The van der Waals surface area contributed by atoms with Crippen molar-refractivity contribution in [2.75, 3.05) is 0 Å². The number of ketones is 1. The van der Waals surface area contributed by atoms with Crippen molar-refractivity contribution in [1.29, 1.82) is 0 Å². The number of nitrogens with zero attached hydrogens (tertiary/aromatic N) is 2. The minimum absolute atomic E-state index is 0.0613. The lowest BCUT2D eigenvalue weighted by Gasteiger charge is -2.04. The van der Waals surface area contributed by atoms with Gasteiger partial charge in [0.2, 0.25) is 5.78 Å². The second-order valence-corrected chi connectivity index (χ2v) is 4.30. The fourth-order valence-electron chi connectivity index (χ4n) is 1.36. The van der Waals surface area contributed by atoms with Gasteiger partial charge in [0.25, 0.3) is 0 Å². The van der Waals surface area contributed by atoms with Crippen LogP contribution in [0.1, 0.15) is 42.4 Å². The summed E-state index contributed by atoms with van der Waals surface area (Å²) in [7, 11) is 1.82. The molecule has 0 saturated heterocycles. The van der Waals surface area contributed by atoms with Gasteiger partial charge in [-0.3, -0.25) is 9.48 Å². The quantitative estimate of drug-likeness (QED) is 0.574. The highest BCUT2D eigenvalue weighted by Crippen LogP contribution is 2.14. The van der Waals surface area contributed by atoms with E-state index >= 15 is 0 Å². The van der Waals surface area contributed by atoms with E-state index in [1.165, 1.54) is 0 Å². The fourth-order valence-corrected chi connectivity index (χ4v) is 1.62. The van der Waals surface area contributed by atoms with Crippen LogP contribution in [0.4, 0.5) is 0 Å². The van der Waals surface area contributed by atoms with Gasteiger partial charge in [0, 0.05) is 12.7 Å². The number of hydrogen-bond donors (Lipinski definition) is 0. The van der Waals surface area contributed by atoms with Gasteiger partial charge in [-0.2, -0.15) is 5.10 Å². The van der Waals surface area contributed by atoms with Crippen LogP contribution >= 0.6 is 11.6 Å². The van der Waals surface area contributed by atoms with Crippen LogP contribution in [0.15, 0.2) is 6.07 Å². The van der Waals surface area contributed by atoms with Gasteiger partial charge in [-0.05, 0) is 19.4 Å². The van der Waals surface area contributed by atoms with Crippen LogP contribution in [-0.4, -0.2) is 20.9 Å². The van der Waals surface area contributed by atoms with Gasteiger partial charge >= 0.3 is 0 Å². The molecule has 84 valence electrons. The second-order valence-electron chi connectivity index (χ2n) is 3.77. The van der Waals surface area contributed by atoms with Crippen LogP contribution in [0.3, 0.4) is 0 Å². The summed E-state index contributed by atoms with van der Waals surface area (Å²) in [6, 6.07) is 1.78. The summed E-state index contributed by atoms with van der Waals surface area (Å²) in [4.78, 5) is 11.8. The third-order valence-corrected chi connectivity index (χ3v) is 2.88. The molecule has 1 aromatic rings. The zero-order chi connectivity index (χ0) is 11.4. The maximum absolute atomic E-state index is 11.8. The van der Waals surface area contributed by atoms with Crippen molar-refractivity contribution in [3.8, 4) is 0 Å². The maximum Gasteiger partial charge on any atom is 0.200 e. The number of carbonyl (C=O) groups is 1. The van der Waals surface area contributed by atoms with Gasteiger partial charge in [-0.1, -0.05) is 19.8 Å². The molecule has 0 saturated carbocycles.